The Morgan fingerprint density at radius 1 is 1.14 bits per heavy atom. The second-order valence-electron chi connectivity index (χ2n) is 5.47. The number of nitrogens with zero attached hydrogens (tertiary/aromatic N) is 1. The smallest absolute Gasteiger partial charge is 0.335 e. The Hall–Kier alpha value is -1.42. The number of fused-ring (bicyclic) bond motifs is 1. The standard InChI is InChI=1S/C17H23NO2S/c1-2-3-4-5-6-7-8-9-16-18-14-11-10-13(17(19)20)12-15(14)21-16/h10-12H,2-9H2,1H3,(H,19,20). The molecule has 2 rings (SSSR count). The molecular formula is C17H23NO2S. The fourth-order valence-electron chi connectivity index (χ4n) is 2.45. The van der Waals surface area contributed by atoms with Gasteiger partial charge in [-0.25, -0.2) is 9.78 Å². The average molecular weight is 305 g/mol. The lowest BCUT2D eigenvalue weighted by Crippen LogP contribution is -1.94. The molecule has 0 amide bonds. The van der Waals surface area contributed by atoms with Gasteiger partial charge in [-0.1, -0.05) is 45.4 Å². The van der Waals surface area contributed by atoms with Crippen molar-refractivity contribution in [2.75, 3.05) is 0 Å². The molecule has 0 fully saturated rings. The third-order valence-electron chi connectivity index (χ3n) is 3.67. The van der Waals surface area contributed by atoms with E-state index in [9.17, 15) is 4.79 Å². The number of rotatable bonds is 9. The molecule has 0 unspecified atom stereocenters. The molecule has 0 saturated carbocycles. The van der Waals surface area contributed by atoms with E-state index in [2.05, 4.69) is 11.9 Å². The number of hydrogen-bond donors (Lipinski definition) is 1. The van der Waals surface area contributed by atoms with Gasteiger partial charge < -0.3 is 5.11 Å². The molecule has 0 radical (unpaired) electrons. The molecule has 0 spiro atoms. The van der Waals surface area contributed by atoms with Crippen molar-refractivity contribution in [3.05, 3.63) is 28.8 Å². The average Bonchev–Trinajstić information content (AvgIpc) is 2.88. The van der Waals surface area contributed by atoms with Gasteiger partial charge in [0.2, 0.25) is 0 Å². The molecule has 0 saturated heterocycles. The third kappa shape index (κ3) is 4.81. The fraction of sp³-hybridized carbons (Fsp3) is 0.529. The number of hydrogen-bond acceptors (Lipinski definition) is 3. The number of carbonyl (C=O) groups is 1. The molecule has 0 atom stereocenters. The lowest BCUT2D eigenvalue weighted by Gasteiger charge is -1.99. The summed E-state index contributed by atoms with van der Waals surface area (Å²) >= 11 is 1.63. The van der Waals surface area contributed by atoms with Crippen LogP contribution in [-0.4, -0.2) is 16.1 Å². The van der Waals surface area contributed by atoms with Gasteiger partial charge in [0, 0.05) is 0 Å². The molecule has 1 aromatic carbocycles. The highest BCUT2D eigenvalue weighted by Crippen LogP contribution is 2.24. The minimum absolute atomic E-state index is 0.341. The van der Waals surface area contributed by atoms with Gasteiger partial charge >= 0.3 is 5.97 Å². The largest absolute Gasteiger partial charge is 0.478 e. The number of aromatic nitrogens is 1. The Bertz CT molecular complexity index is 591. The molecular weight excluding hydrogens is 282 g/mol. The van der Waals surface area contributed by atoms with Crippen molar-refractivity contribution in [2.24, 2.45) is 0 Å². The first-order chi connectivity index (χ1) is 10.2. The molecule has 114 valence electrons. The maximum Gasteiger partial charge on any atom is 0.335 e. The normalized spacial score (nSPS) is 11.1. The van der Waals surface area contributed by atoms with Crippen LogP contribution < -0.4 is 0 Å². The summed E-state index contributed by atoms with van der Waals surface area (Å²) in [6, 6.07) is 5.16. The van der Waals surface area contributed by atoms with E-state index in [4.69, 9.17) is 5.11 Å². The van der Waals surface area contributed by atoms with Crippen LogP contribution in [0.25, 0.3) is 10.2 Å². The van der Waals surface area contributed by atoms with E-state index in [1.807, 2.05) is 6.07 Å². The van der Waals surface area contributed by atoms with Gasteiger partial charge in [0.25, 0.3) is 0 Å². The SMILES string of the molecule is CCCCCCCCCc1nc2ccc(C(=O)O)cc2s1. The van der Waals surface area contributed by atoms with E-state index in [1.54, 1.807) is 23.5 Å². The van der Waals surface area contributed by atoms with Crippen LogP contribution in [0.2, 0.25) is 0 Å². The Labute approximate surface area is 130 Å². The predicted molar refractivity (Wildman–Crippen MR) is 88.3 cm³/mol. The molecule has 2 aromatic rings. The fourth-order valence-corrected chi connectivity index (χ4v) is 3.49. The maximum absolute atomic E-state index is 11.0. The number of aryl methyl sites for hydroxylation is 1. The summed E-state index contributed by atoms with van der Waals surface area (Å²) in [5.74, 6) is -0.876. The zero-order valence-corrected chi connectivity index (χ0v) is 13.4. The van der Waals surface area contributed by atoms with Crippen molar-refractivity contribution in [1.29, 1.82) is 0 Å². The van der Waals surface area contributed by atoms with Crippen LogP contribution >= 0.6 is 11.3 Å². The van der Waals surface area contributed by atoms with Crippen LogP contribution in [0.5, 0.6) is 0 Å². The highest BCUT2D eigenvalue weighted by Gasteiger charge is 2.08. The monoisotopic (exact) mass is 305 g/mol. The number of benzene rings is 1. The molecule has 1 N–H and O–H groups in total. The molecule has 21 heavy (non-hydrogen) atoms. The summed E-state index contributed by atoms with van der Waals surface area (Å²) in [4.78, 5) is 15.5. The Morgan fingerprint density at radius 3 is 2.57 bits per heavy atom. The second-order valence-corrected chi connectivity index (χ2v) is 6.58. The summed E-state index contributed by atoms with van der Waals surface area (Å²) in [6.07, 6.45) is 10.1. The van der Waals surface area contributed by atoms with Crippen molar-refractivity contribution < 1.29 is 9.90 Å². The van der Waals surface area contributed by atoms with Crippen LogP contribution in [0.15, 0.2) is 18.2 Å². The van der Waals surface area contributed by atoms with E-state index < -0.39 is 5.97 Å². The van der Waals surface area contributed by atoms with Crippen molar-refractivity contribution >= 4 is 27.5 Å². The highest BCUT2D eigenvalue weighted by molar-refractivity contribution is 7.18. The second kappa shape index (κ2) is 8.13. The van der Waals surface area contributed by atoms with Gasteiger partial charge in [-0.05, 0) is 31.0 Å². The van der Waals surface area contributed by atoms with Crippen LogP contribution in [0.1, 0.15) is 67.2 Å². The molecule has 1 aromatic heterocycles. The summed E-state index contributed by atoms with van der Waals surface area (Å²) < 4.78 is 0.979. The molecule has 0 aliphatic heterocycles. The summed E-state index contributed by atoms with van der Waals surface area (Å²) in [5, 5.41) is 10.1. The Morgan fingerprint density at radius 2 is 1.86 bits per heavy atom. The van der Waals surface area contributed by atoms with Crippen LogP contribution in [0.3, 0.4) is 0 Å². The Kier molecular flexibility index (Phi) is 6.18. The van der Waals surface area contributed by atoms with Crippen LogP contribution in [0.4, 0.5) is 0 Å². The first-order valence-electron chi connectivity index (χ1n) is 7.83. The highest BCUT2D eigenvalue weighted by atomic mass is 32.1. The lowest BCUT2D eigenvalue weighted by molar-refractivity contribution is 0.0697. The van der Waals surface area contributed by atoms with Gasteiger partial charge in [0.1, 0.15) is 0 Å². The quantitative estimate of drug-likeness (QED) is 0.640. The predicted octanol–water partition coefficient (Wildman–Crippen LogP) is 5.29. The van der Waals surface area contributed by atoms with Crippen molar-refractivity contribution in [2.45, 2.75) is 58.3 Å². The maximum atomic E-state index is 11.0. The van der Waals surface area contributed by atoms with Crippen molar-refractivity contribution in [3.8, 4) is 0 Å². The molecule has 0 aliphatic carbocycles. The van der Waals surface area contributed by atoms with Crippen LogP contribution in [-0.2, 0) is 6.42 Å². The zero-order chi connectivity index (χ0) is 15.1. The molecule has 1 heterocycles. The molecule has 4 heteroatoms. The van der Waals surface area contributed by atoms with Crippen molar-refractivity contribution in [1.82, 2.24) is 4.98 Å². The topological polar surface area (TPSA) is 50.2 Å². The van der Waals surface area contributed by atoms with E-state index in [-0.39, 0.29) is 0 Å². The van der Waals surface area contributed by atoms with Crippen molar-refractivity contribution in [3.63, 3.8) is 0 Å². The molecule has 3 nitrogen and oxygen atoms in total. The minimum Gasteiger partial charge on any atom is -0.478 e. The van der Waals surface area contributed by atoms with Gasteiger partial charge in [0.15, 0.2) is 0 Å². The Balaban J connectivity index is 1.81. The van der Waals surface area contributed by atoms with Gasteiger partial charge in [-0.15, -0.1) is 11.3 Å². The van der Waals surface area contributed by atoms with Gasteiger partial charge in [-0.3, -0.25) is 0 Å². The number of aromatic carboxylic acids is 1. The number of thiazole rings is 1. The first-order valence-corrected chi connectivity index (χ1v) is 8.65. The molecule has 0 aliphatic rings. The number of unbranched alkanes of at least 4 members (excludes halogenated alkanes) is 6. The van der Waals surface area contributed by atoms with Crippen LogP contribution in [0, 0.1) is 0 Å². The lowest BCUT2D eigenvalue weighted by atomic mass is 10.1. The van der Waals surface area contributed by atoms with E-state index >= 15 is 0 Å². The zero-order valence-electron chi connectivity index (χ0n) is 12.6. The first kappa shape index (κ1) is 16.0. The van der Waals surface area contributed by atoms with E-state index in [1.165, 1.54) is 44.9 Å². The van der Waals surface area contributed by atoms with Gasteiger partial charge in [-0.2, -0.15) is 0 Å². The van der Waals surface area contributed by atoms with E-state index in [0.717, 1.165) is 21.6 Å². The summed E-state index contributed by atoms with van der Waals surface area (Å²) in [6.45, 7) is 2.24. The summed E-state index contributed by atoms with van der Waals surface area (Å²) in [5.41, 5.74) is 1.26. The number of carboxylic acids is 1. The number of carboxylic acid groups (broad SMARTS) is 1. The molecule has 0 bridgehead atoms. The van der Waals surface area contributed by atoms with Gasteiger partial charge in [0.05, 0.1) is 20.8 Å². The summed E-state index contributed by atoms with van der Waals surface area (Å²) in [7, 11) is 0. The van der Waals surface area contributed by atoms with E-state index in [0.29, 0.717) is 5.56 Å². The minimum atomic E-state index is -0.876. The third-order valence-corrected chi connectivity index (χ3v) is 4.75.